The van der Waals surface area contributed by atoms with E-state index in [1.54, 1.807) is 24.3 Å². The van der Waals surface area contributed by atoms with Gasteiger partial charge in [0.15, 0.2) is 0 Å². The molecule has 3 nitrogen and oxygen atoms in total. The molecule has 2 aromatic rings. The molecule has 98 valence electrons. The van der Waals surface area contributed by atoms with Gasteiger partial charge in [0.1, 0.15) is 5.15 Å². The Hall–Kier alpha value is -0.850. The maximum atomic E-state index is 12.0. The third-order valence-corrected chi connectivity index (χ3v) is 4.42. The van der Waals surface area contributed by atoms with Crippen LogP contribution >= 0.6 is 45.8 Å². The molecule has 1 aromatic heterocycles. The highest BCUT2D eigenvalue weighted by molar-refractivity contribution is 14.1. The molecule has 0 aliphatic carbocycles. The van der Waals surface area contributed by atoms with Crippen LogP contribution in [0.25, 0.3) is 0 Å². The van der Waals surface area contributed by atoms with Gasteiger partial charge in [0.2, 0.25) is 0 Å². The number of nitrogens with one attached hydrogen (secondary N) is 1. The molecular formula is C13H9Cl2IN2O. The summed E-state index contributed by atoms with van der Waals surface area (Å²) in [6, 6.07) is 6.92. The van der Waals surface area contributed by atoms with Gasteiger partial charge in [0.05, 0.1) is 16.9 Å². The maximum absolute atomic E-state index is 12.0. The Morgan fingerprint density at radius 2 is 2.05 bits per heavy atom. The lowest BCUT2D eigenvalue weighted by molar-refractivity contribution is 0.102. The maximum Gasteiger partial charge on any atom is 0.255 e. The number of carbonyl (C=O) groups excluding carboxylic acids is 1. The number of hydrogen-bond acceptors (Lipinski definition) is 2. The molecule has 0 unspecified atom stereocenters. The van der Waals surface area contributed by atoms with E-state index < -0.39 is 0 Å². The first-order valence-corrected chi connectivity index (χ1v) is 7.19. The van der Waals surface area contributed by atoms with Crippen LogP contribution in [0, 0.1) is 10.5 Å². The van der Waals surface area contributed by atoms with Gasteiger partial charge in [0.25, 0.3) is 5.91 Å². The van der Waals surface area contributed by atoms with Crippen LogP contribution < -0.4 is 5.32 Å². The summed E-state index contributed by atoms with van der Waals surface area (Å²) >= 11 is 13.9. The van der Waals surface area contributed by atoms with Crippen LogP contribution in [0.2, 0.25) is 10.2 Å². The normalized spacial score (nSPS) is 10.3. The molecule has 1 aromatic carbocycles. The number of pyridine rings is 1. The number of benzene rings is 1. The third-order valence-electron chi connectivity index (χ3n) is 2.45. The third kappa shape index (κ3) is 3.58. The number of amides is 1. The zero-order valence-electron chi connectivity index (χ0n) is 9.88. The number of aryl methyl sites for hydroxylation is 1. The van der Waals surface area contributed by atoms with Gasteiger partial charge in [0, 0.05) is 9.13 Å². The fourth-order valence-electron chi connectivity index (χ4n) is 1.47. The molecule has 6 heteroatoms. The number of anilines is 1. The molecule has 0 atom stereocenters. The number of rotatable bonds is 2. The Balaban J connectivity index is 2.20. The monoisotopic (exact) mass is 406 g/mol. The topological polar surface area (TPSA) is 42.0 Å². The summed E-state index contributed by atoms with van der Waals surface area (Å²) in [6.07, 6.45) is 1.52. The highest BCUT2D eigenvalue weighted by Crippen LogP contribution is 2.21. The van der Waals surface area contributed by atoms with Crippen molar-refractivity contribution in [2.24, 2.45) is 0 Å². The Labute approximate surface area is 134 Å². The molecule has 0 bridgehead atoms. The van der Waals surface area contributed by atoms with Crippen molar-refractivity contribution in [2.45, 2.75) is 6.92 Å². The van der Waals surface area contributed by atoms with Crippen molar-refractivity contribution < 1.29 is 4.79 Å². The predicted octanol–water partition coefficient (Wildman–Crippen LogP) is 4.55. The van der Waals surface area contributed by atoms with Gasteiger partial charge >= 0.3 is 0 Å². The zero-order chi connectivity index (χ0) is 14.0. The lowest BCUT2D eigenvalue weighted by atomic mass is 10.2. The summed E-state index contributed by atoms with van der Waals surface area (Å²) < 4.78 is 0.903. The molecule has 1 amide bonds. The summed E-state index contributed by atoms with van der Waals surface area (Å²) in [6.45, 7) is 1.83. The Kier molecular flexibility index (Phi) is 4.65. The molecule has 0 radical (unpaired) electrons. The lowest BCUT2D eigenvalue weighted by Gasteiger charge is -2.07. The van der Waals surface area contributed by atoms with Gasteiger partial charge < -0.3 is 5.32 Å². The quantitative estimate of drug-likeness (QED) is 0.587. The first-order chi connectivity index (χ1) is 8.97. The van der Waals surface area contributed by atoms with Gasteiger partial charge in [-0.25, -0.2) is 4.98 Å². The van der Waals surface area contributed by atoms with Gasteiger partial charge in [-0.3, -0.25) is 4.79 Å². The second-order valence-electron chi connectivity index (χ2n) is 3.91. The Morgan fingerprint density at radius 3 is 2.68 bits per heavy atom. The molecule has 0 fully saturated rings. The van der Waals surface area contributed by atoms with E-state index in [1.807, 2.05) is 6.92 Å². The largest absolute Gasteiger partial charge is 0.321 e. The van der Waals surface area contributed by atoms with Crippen molar-refractivity contribution in [1.29, 1.82) is 0 Å². The second kappa shape index (κ2) is 6.07. The van der Waals surface area contributed by atoms with Crippen molar-refractivity contribution in [1.82, 2.24) is 4.98 Å². The van der Waals surface area contributed by atoms with Crippen molar-refractivity contribution in [3.05, 3.63) is 55.3 Å². The molecule has 0 saturated carbocycles. The van der Waals surface area contributed by atoms with Gasteiger partial charge in [-0.2, -0.15) is 0 Å². The predicted molar refractivity (Wildman–Crippen MR) is 86.1 cm³/mol. The summed E-state index contributed by atoms with van der Waals surface area (Å²) in [5.41, 5.74) is 1.90. The van der Waals surface area contributed by atoms with Crippen LogP contribution in [-0.2, 0) is 0 Å². The van der Waals surface area contributed by atoms with E-state index in [-0.39, 0.29) is 5.91 Å². The van der Waals surface area contributed by atoms with Crippen LogP contribution in [0.5, 0.6) is 0 Å². The lowest BCUT2D eigenvalue weighted by Crippen LogP contribution is -2.12. The number of halogens is 3. The summed E-state index contributed by atoms with van der Waals surface area (Å²) in [7, 11) is 0. The molecule has 0 spiro atoms. The van der Waals surface area contributed by atoms with E-state index in [1.165, 1.54) is 6.20 Å². The summed E-state index contributed by atoms with van der Waals surface area (Å²) in [5.74, 6) is -0.234. The molecule has 0 saturated heterocycles. The highest BCUT2D eigenvalue weighted by atomic mass is 127. The van der Waals surface area contributed by atoms with Crippen molar-refractivity contribution in [2.75, 3.05) is 5.32 Å². The van der Waals surface area contributed by atoms with E-state index in [4.69, 9.17) is 23.2 Å². The SMILES string of the molecule is Cc1cc(NC(=O)c2ccc(I)c(Cl)c2)cnc1Cl. The van der Waals surface area contributed by atoms with Crippen molar-refractivity contribution in [3.63, 3.8) is 0 Å². The van der Waals surface area contributed by atoms with E-state index >= 15 is 0 Å². The average molecular weight is 407 g/mol. The zero-order valence-corrected chi connectivity index (χ0v) is 13.5. The first-order valence-electron chi connectivity index (χ1n) is 5.36. The van der Waals surface area contributed by atoms with E-state index in [9.17, 15) is 4.79 Å². The standard InChI is InChI=1S/C13H9Cl2IN2O/c1-7-4-9(6-17-12(7)15)18-13(19)8-2-3-11(16)10(14)5-8/h2-6H,1H3,(H,18,19). The fraction of sp³-hybridized carbons (Fsp3) is 0.0769. The number of hydrogen-bond donors (Lipinski definition) is 1. The number of nitrogens with zero attached hydrogens (tertiary/aromatic N) is 1. The second-order valence-corrected chi connectivity index (χ2v) is 5.84. The molecule has 2 rings (SSSR count). The van der Waals surface area contributed by atoms with E-state index in [0.29, 0.717) is 21.4 Å². The molecule has 1 heterocycles. The number of aromatic nitrogens is 1. The fourth-order valence-corrected chi connectivity index (χ4v) is 2.09. The van der Waals surface area contributed by atoms with E-state index in [2.05, 4.69) is 32.9 Å². The minimum absolute atomic E-state index is 0.234. The van der Waals surface area contributed by atoms with Crippen molar-refractivity contribution in [3.8, 4) is 0 Å². The highest BCUT2D eigenvalue weighted by Gasteiger charge is 2.09. The minimum Gasteiger partial charge on any atom is -0.321 e. The van der Waals surface area contributed by atoms with Crippen LogP contribution in [0.4, 0.5) is 5.69 Å². The molecule has 19 heavy (non-hydrogen) atoms. The summed E-state index contributed by atoms with van der Waals surface area (Å²) in [4.78, 5) is 16.0. The van der Waals surface area contributed by atoms with Crippen LogP contribution in [0.15, 0.2) is 30.5 Å². The molecule has 0 aliphatic rings. The molecule has 1 N–H and O–H groups in total. The Morgan fingerprint density at radius 1 is 1.32 bits per heavy atom. The van der Waals surface area contributed by atoms with Crippen LogP contribution in [-0.4, -0.2) is 10.9 Å². The molecular weight excluding hydrogens is 398 g/mol. The van der Waals surface area contributed by atoms with Gasteiger partial charge in [-0.15, -0.1) is 0 Å². The van der Waals surface area contributed by atoms with Crippen LogP contribution in [0.1, 0.15) is 15.9 Å². The van der Waals surface area contributed by atoms with Crippen LogP contribution in [0.3, 0.4) is 0 Å². The molecule has 0 aliphatic heterocycles. The van der Waals surface area contributed by atoms with Gasteiger partial charge in [-0.05, 0) is 59.3 Å². The number of carbonyl (C=O) groups is 1. The van der Waals surface area contributed by atoms with Gasteiger partial charge in [-0.1, -0.05) is 23.2 Å². The first kappa shape index (κ1) is 14.6. The summed E-state index contributed by atoms with van der Waals surface area (Å²) in [5, 5.41) is 3.73. The smallest absolute Gasteiger partial charge is 0.255 e. The minimum atomic E-state index is -0.234. The van der Waals surface area contributed by atoms with Crippen molar-refractivity contribution >= 4 is 57.4 Å². The Bertz CT molecular complexity index is 647. The van der Waals surface area contributed by atoms with E-state index in [0.717, 1.165) is 9.13 Å². The average Bonchev–Trinajstić information content (AvgIpc) is 2.37.